The summed E-state index contributed by atoms with van der Waals surface area (Å²) in [7, 11) is 0. The molecule has 6 aliphatic rings. The smallest absolute Gasteiger partial charge is 0.657 e. The number of nitrogens with one attached hydrogen (secondary N) is 1. The van der Waals surface area contributed by atoms with Crippen molar-refractivity contribution in [1.82, 2.24) is 55.0 Å². The van der Waals surface area contributed by atoms with Crippen molar-refractivity contribution in [3.05, 3.63) is 192 Å². The molecule has 12 rings (SSSR count). The van der Waals surface area contributed by atoms with Gasteiger partial charge in [-0.1, -0.05) is 146 Å². The van der Waals surface area contributed by atoms with Gasteiger partial charge < -0.3 is 78.7 Å². The number of hydrogen-bond acceptors (Lipinski definition) is 20. The second kappa shape index (κ2) is 54.1. The number of nitrogens with zero attached hydrogens (tertiary/aromatic N) is 10. The number of allylic oxidation sites excluding steroid dienone is 10. The van der Waals surface area contributed by atoms with Crippen LogP contribution in [0.2, 0.25) is 0 Å². The van der Waals surface area contributed by atoms with E-state index in [4.69, 9.17) is 68.3 Å². The van der Waals surface area contributed by atoms with Gasteiger partial charge in [-0.05, 0) is 169 Å². The summed E-state index contributed by atoms with van der Waals surface area (Å²) in [4.78, 5) is 142. The Kier molecular flexibility index (Phi) is 44.8. The molecule has 5 amide bonds. The maximum absolute atomic E-state index is 13.3. The number of imide groups is 2. The van der Waals surface area contributed by atoms with E-state index in [2.05, 4.69) is 31.6 Å². The quantitative estimate of drug-likeness (QED) is 0.0138. The van der Waals surface area contributed by atoms with Gasteiger partial charge >= 0.3 is 46.1 Å². The number of carbonyl (C=O) groups excluding carboxylic acids is 6. The average molecular weight is 1950 g/mol. The first-order valence-electron chi connectivity index (χ1n) is 44.9. The Balaban J connectivity index is 0.000000355. The molecule has 6 aliphatic heterocycles. The first-order valence-corrected chi connectivity index (χ1v) is 47.0. The number of hydrogen-bond donors (Lipinski definition) is 3. The fourth-order valence-electron chi connectivity index (χ4n) is 16.6. The number of thioether (sulfide) groups is 2. The zero-order valence-corrected chi connectivity index (χ0v) is 83.2. The van der Waals surface area contributed by atoms with E-state index in [1.807, 2.05) is 124 Å². The third-order valence-corrected chi connectivity index (χ3v) is 26.2. The van der Waals surface area contributed by atoms with Crippen LogP contribution in [0.1, 0.15) is 221 Å². The molecule has 31 heteroatoms. The number of likely N-dealkylation sites (tertiary alicyclic amines) is 2. The van der Waals surface area contributed by atoms with Crippen LogP contribution in [0.3, 0.4) is 0 Å². The van der Waals surface area contributed by atoms with E-state index in [0.29, 0.717) is 202 Å². The molecule has 134 heavy (non-hydrogen) atoms. The first kappa shape index (κ1) is 111. The number of aliphatic carboxylic acids is 2. The topological polar surface area (TPSA) is 359 Å². The Morgan fingerprint density at radius 1 is 0.410 bits per heavy atom. The van der Waals surface area contributed by atoms with E-state index in [1.54, 1.807) is 18.2 Å². The molecule has 718 valence electrons. The summed E-state index contributed by atoms with van der Waals surface area (Å²) in [6, 6.07) is 15.6. The zero-order valence-electron chi connectivity index (χ0n) is 79.4. The van der Waals surface area contributed by atoms with Gasteiger partial charge in [-0.15, -0.1) is 67.7 Å². The summed E-state index contributed by atoms with van der Waals surface area (Å²) in [5.41, 5.74) is 26.0. The number of unbranched alkanes of at least 4 members (excludes halogenated alkanes) is 1. The fourth-order valence-corrected chi connectivity index (χ4v) is 18.4. The SMILES string of the molecule is C=CC1=C(C)c2cc3[n-]c(cc4nc(cc5[n-]c(cc1n2)c(C)c5C=C)C(C)=C4CCC(=O)O)c(CCC(=O)CCCCOCCOCCOCCCN1C(=O)CC(SCC)C1=O)c3C.C=CC1=C(C)c2cc3[n-]c(cc4nc(cc5[n-]c(cc1n2)c(C)c5CCC(=O)NCCCOCCOCCOCCCN1C(=O)CC(SCC)C1=O)C(CCC(=O)O)=C4C)c(C)c3C=C.[CH3-].[CH3-].[Fe+3].[Fe+3]. The molecule has 6 aromatic heterocycles. The van der Waals surface area contributed by atoms with Gasteiger partial charge in [0.15, 0.2) is 0 Å². The minimum Gasteiger partial charge on any atom is -0.657 e. The Hall–Kier alpha value is -9.98. The first-order chi connectivity index (χ1) is 62.7. The number of Topliss-reactive ketones (excluding diaryl/α,β-unsaturated/α-hetero) is 1. The molecule has 0 saturated carbocycles. The van der Waals surface area contributed by atoms with Crippen LogP contribution >= 0.6 is 23.5 Å². The van der Waals surface area contributed by atoms with Crippen molar-refractivity contribution in [2.24, 2.45) is 0 Å². The monoisotopic (exact) mass is 1950 g/mol. The van der Waals surface area contributed by atoms with Crippen LogP contribution in [0.5, 0.6) is 0 Å². The number of carboxylic acids is 2. The number of fused-ring (bicyclic) bond motifs is 16. The molecule has 0 aromatic carbocycles. The summed E-state index contributed by atoms with van der Waals surface area (Å²) in [6.07, 6.45) is 13.5. The number of carbonyl (C=O) groups is 8. The summed E-state index contributed by atoms with van der Waals surface area (Å²) in [6.45, 7) is 42.7. The van der Waals surface area contributed by atoms with Crippen LogP contribution < -0.4 is 25.3 Å². The van der Waals surface area contributed by atoms with Gasteiger partial charge in [-0.25, -0.2) is 19.9 Å². The zero-order chi connectivity index (χ0) is 93.2. The maximum atomic E-state index is 13.3. The van der Waals surface area contributed by atoms with E-state index in [1.165, 1.54) is 33.3 Å². The predicted octanol–water partition coefficient (Wildman–Crippen LogP) is 17.1. The van der Waals surface area contributed by atoms with Crippen LogP contribution in [0.15, 0.2) is 87.0 Å². The minimum absolute atomic E-state index is 0. The van der Waals surface area contributed by atoms with E-state index < -0.39 is 11.9 Å². The van der Waals surface area contributed by atoms with Crippen molar-refractivity contribution < 1.29 is 111 Å². The number of carboxylic acid groups (broad SMARTS) is 2. The Morgan fingerprint density at radius 3 is 1.13 bits per heavy atom. The summed E-state index contributed by atoms with van der Waals surface area (Å²) in [5.74, 6) is -0.496. The summed E-state index contributed by atoms with van der Waals surface area (Å²) < 4.78 is 33.8. The van der Waals surface area contributed by atoms with Gasteiger partial charge in [0.1, 0.15) is 5.78 Å². The molecule has 2 radical (unpaired) electrons. The van der Waals surface area contributed by atoms with Crippen molar-refractivity contribution in [2.75, 3.05) is 110 Å². The van der Waals surface area contributed by atoms with Crippen molar-refractivity contribution in [2.45, 2.75) is 182 Å². The number of amides is 5. The molecule has 12 heterocycles. The second-order valence-electron chi connectivity index (χ2n) is 32.5. The van der Waals surface area contributed by atoms with Crippen molar-refractivity contribution in [1.29, 1.82) is 0 Å². The van der Waals surface area contributed by atoms with Crippen LogP contribution in [-0.4, -0.2) is 208 Å². The molecule has 3 N–H and O–H groups in total. The molecular weight excluding hydrogens is 1820 g/mol. The van der Waals surface area contributed by atoms with Crippen molar-refractivity contribution in [3.8, 4) is 0 Å². The van der Waals surface area contributed by atoms with E-state index in [9.17, 15) is 48.6 Å². The normalized spacial score (nSPS) is 14.7. The third kappa shape index (κ3) is 28.6. The standard InChI is InChI=1S/C51H62N5O8S.C50H62N6O8S.2CH3.2Fe/c1-8-36-31(4)40-26-41-33(6)38(16-15-35(57)14-11-12-20-62-22-24-64-25-23-63-21-13-19-56-49(58)30-48(51(56)61)65-10-3)46(54-41)29-47-39(17-18-50(59)60)34(7)43(55-47)28-45-37(9-2)32(5)42(53-45)27-44(36)52-40;1-8-34-30(4)38-25-39-33(7)37(14-16-49(59)60)45(54-39)28-44-36(32(6)41(55-44)27-43-35(9-2)31(5)40(53-43)26-42(34)52-38)13-15-47(57)51-17-11-19-62-21-23-64-24-22-63-20-12-18-56-48(58)29-46(50(56)61)65-10-3;;;;/h8-9,26-29,48H,1-2,10-25,30H2,3-7H3,(H2-,52,53,54,55,59,60);8-9,25-28,46H,1-2,10-24,29H2,3-7H3,(H4,51,52,53,54,55,57,59,60);2*1H3;;/q-1;;2*-1;2*+3/p-3. The van der Waals surface area contributed by atoms with Gasteiger partial charge in [-0.3, -0.25) is 48.2 Å². The van der Waals surface area contributed by atoms with Crippen LogP contribution in [0.4, 0.5) is 0 Å². The van der Waals surface area contributed by atoms with Gasteiger partial charge in [0.05, 0.1) is 109 Å². The number of aromatic nitrogens is 8. The van der Waals surface area contributed by atoms with E-state index in [-0.39, 0.29) is 133 Å². The largest absolute Gasteiger partial charge is 3.00 e. The van der Waals surface area contributed by atoms with Crippen LogP contribution in [-0.2, 0) is 114 Å². The summed E-state index contributed by atoms with van der Waals surface area (Å²) in [5, 5.41) is 21.8. The Labute approximate surface area is 817 Å². The van der Waals surface area contributed by atoms with Crippen LogP contribution in [0, 0.1) is 42.5 Å². The molecule has 0 aliphatic carbocycles. The minimum atomic E-state index is -0.898. The molecule has 0 spiro atoms. The Bertz CT molecular complexity index is 5810. The number of rotatable bonds is 49. The molecular formula is C103H127Fe2N11O16S2. The number of ether oxygens (including phenoxy) is 6. The van der Waals surface area contributed by atoms with Crippen molar-refractivity contribution in [3.63, 3.8) is 0 Å². The number of ketones is 1. The molecule has 6 aromatic rings. The summed E-state index contributed by atoms with van der Waals surface area (Å²) >= 11 is 3.04. The molecule has 27 nitrogen and oxygen atoms in total. The van der Waals surface area contributed by atoms with Gasteiger partial charge in [0.2, 0.25) is 29.5 Å². The molecule has 2 saturated heterocycles. The van der Waals surface area contributed by atoms with E-state index in [0.717, 1.165) is 152 Å². The van der Waals surface area contributed by atoms with Gasteiger partial charge in [-0.2, -0.15) is 0 Å². The Morgan fingerprint density at radius 2 is 0.746 bits per heavy atom. The van der Waals surface area contributed by atoms with Gasteiger partial charge in [0, 0.05) is 102 Å². The third-order valence-electron chi connectivity index (χ3n) is 24.0. The molecule has 2 unspecified atom stereocenters. The van der Waals surface area contributed by atoms with E-state index >= 15 is 0 Å². The van der Waals surface area contributed by atoms with Crippen molar-refractivity contribution >= 4 is 172 Å². The number of aryl methyl sites for hydroxylation is 6. The molecule has 2 fully saturated rings. The van der Waals surface area contributed by atoms with Gasteiger partial charge in [0.25, 0.3) is 0 Å². The fraction of sp³-hybridized carbons (Fsp3) is 0.437. The second-order valence-corrected chi connectivity index (χ2v) is 35.5. The van der Waals surface area contributed by atoms with Crippen LogP contribution in [0.25, 0.3) is 101 Å². The average Bonchev–Trinajstić information content (AvgIpc) is 1.62. The molecule has 16 bridgehead atoms. The predicted molar refractivity (Wildman–Crippen MR) is 528 cm³/mol. The maximum Gasteiger partial charge on any atom is 3.00 e. The molecule has 2 atom stereocenters.